The quantitative estimate of drug-likeness (QED) is 0.578. The van der Waals surface area contributed by atoms with Gasteiger partial charge in [-0.05, 0) is 18.6 Å². The fourth-order valence-electron chi connectivity index (χ4n) is 2.56. The normalized spacial score (nSPS) is 11.7. The van der Waals surface area contributed by atoms with Gasteiger partial charge < -0.3 is 4.98 Å². The summed E-state index contributed by atoms with van der Waals surface area (Å²) in [4.78, 5) is 20.0. The molecule has 0 aliphatic carbocycles. The third-order valence-electron chi connectivity index (χ3n) is 3.81. The van der Waals surface area contributed by atoms with Crippen molar-refractivity contribution in [2.75, 3.05) is 0 Å². The van der Waals surface area contributed by atoms with Crippen LogP contribution in [0, 0.1) is 6.92 Å². The van der Waals surface area contributed by atoms with Gasteiger partial charge in [0.05, 0.1) is 6.21 Å². The standard InChI is InChI=1S/C18H14N4O/c1-12-6-8-13(9-7-12)10-20-22-11-19-16-14-4-2-3-5-15(14)21-17(16)18(22)23/h2-11,21H,1H3/b20-10+. The van der Waals surface area contributed by atoms with Gasteiger partial charge in [0.15, 0.2) is 0 Å². The minimum atomic E-state index is -0.213. The summed E-state index contributed by atoms with van der Waals surface area (Å²) in [6.07, 6.45) is 3.10. The Balaban J connectivity index is 1.82. The number of aromatic nitrogens is 3. The van der Waals surface area contributed by atoms with Gasteiger partial charge >= 0.3 is 0 Å². The molecule has 5 heteroatoms. The van der Waals surface area contributed by atoms with Crippen LogP contribution in [-0.2, 0) is 0 Å². The summed E-state index contributed by atoms with van der Waals surface area (Å²) >= 11 is 0. The van der Waals surface area contributed by atoms with Crippen molar-refractivity contribution < 1.29 is 0 Å². The Kier molecular flexibility index (Phi) is 3.05. The monoisotopic (exact) mass is 302 g/mol. The van der Waals surface area contributed by atoms with Gasteiger partial charge in [-0.2, -0.15) is 9.78 Å². The van der Waals surface area contributed by atoms with Crippen LogP contribution in [-0.4, -0.2) is 20.9 Å². The summed E-state index contributed by atoms with van der Waals surface area (Å²) in [7, 11) is 0. The molecule has 0 atom stereocenters. The van der Waals surface area contributed by atoms with E-state index in [9.17, 15) is 4.79 Å². The number of hydrogen-bond acceptors (Lipinski definition) is 3. The van der Waals surface area contributed by atoms with Crippen LogP contribution in [0.25, 0.3) is 21.9 Å². The molecule has 2 aromatic heterocycles. The van der Waals surface area contributed by atoms with Crippen molar-refractivity contribution in [3.63, 3.8) is 0 Å². The molecule has 2 aromatic carbocycles. The van der Waals surface area contributed by atoms with Crippen LogP contribution >= 0.6 is 0 Å². The maximum atomic E-state index is 12.6. The predicted octanol–water partition coefficient (Wildman–Crippen LogP) is 3.07. The third kappa shape index (κ3) is 2.32. The third-order valence-corrected chi connectivity index (χ3v) is 3.81. The first-order valence-corrected chi connectivity index (χ1v) is 7.31. The Labute approximate surface area is 131 Å². The SMILES string of the molecule is Cc1ccc(/C=N/n2cnc3c([nH]c4ccccc43)c2=O)cc1. The molecule has 0 bridgehead atoms. The second-order valence-electron chi connectivity index (χ2n) is 5.44. The molecule has 0 radical (unpaired) electrons. The summed E-state index contributed by atoms with van der Waals surface area (Å²) in [5, 5.41) is 5.16. The van der Waals surface area contributed by atoms with Gasteiger partial charge in [-0.3, -0.25) is 4.79 Å². The van der Waals surface area contributed by atoms with Crippen LogP contribution in [0.2, 0.25) is 0 Å². The van der Waals surface area contributed by atoms with Crippen LogP contribution in [0.1, 0.15) is 11.1 Å². The molecule has 0 saturated heterocycles. The van der Waals surface area contributed by atoms with E-state index in [1.54, 1.807) is 6.21 Å². The van der Waals surface area contributed by atoms with Crippen LogP contribution in [0.5, 0.6) is 0 Å². The van der Waals surface area contributed by atoms with Crippen molar-refractivity contribution in [2.45, 2.75) is 6.92 Å². The average Bonchev–Trinajstić information content (AvgIpc) is 2.95. The maximum Gasteiger partial charge on any atom is 0.298 e. The fourth-order valence-corrected chi connectivity index (χ4v) is 2.56. The lowest BCUT2D eigenvalue weighted by Gasteiger charge is -1.98. The number of nitrogens with zero attached hydrogens (tertiary/aromatic N) is 3. The van der Waals surface area contributed by atoms with Gasteiger partial charge in [0.2, 0.25) is 0 Å². The first kappa shape index (κ1) is 13.5. The zero-order valence-electron chi connectivity index (χ0n) is 12.5. The van der Waals surface area contributed by atoms with Crippen LogP contribution in [0.4, 0.5) is 0 Å². The molecule has 0 unspecified atom stereocenters. The van der Waals surface area contributed by atoms with Gasteiger partial charge in [-0.15, -0.1) is 0 Å². The zero-order chi connectivity index (χ0) is 15.8. The Bertz CT molecular complexity index is 1090. The van der Waals surface area contributed by atoms with E-state index in [0.717, 1.165) is 16.5 Å². The lowest BCUT2D eigenvalue weighted by molar-refractivity contribution is 0.815. The number of nitrogens with one attached hydrogen (secondary N) is 1. The number of para-hydroxylation sites is 1. The zero-order valence-corrected chi connectivity index (χ0v) is 12.5. The van der Waals surface area contributed by atoms with Crippen molar-refractivity contribution >= 4 is 28.2 Å². The first-order valence-electron chi connectivity index (χ1n) is 7.31. The van der Waals surface area contributed by atoms with E-state index in [4.69, 9.17) is 0 Å². The molecular formula is C18H14N4O. The summed E-state index contributed by atoms with van der Waals surface area (Å²) in [5.74, 6) is 0. The lowest BCUT2D eigenvalue weighted by atomic mass is 10.2. The van der Waals surface area contributed by atoms with Crippen LogP contribution in [0.15, 0.2) is 64.8 Å². The number of fused-ring (bicyclic) bond motifs is 3. The molecule has 0 fully saturated rings. The predicted molar refractivity (Wildman–Crippen MR) is 92.0 cm³/mol. The van der Waals surface area contributed by atoms with E-state index in [1.165, 1.54) is 16.6 Å². The molecule has 0 aliphatic heterocycles. The van der Waals surface area contributed by atoms with Crippen molar-refractivity contribution in [1.29, 1.82) is 0 Å². The number of aromatic amines is 1. The summed E-state index contributed by atoms with van der Waals surface area (Å²) < 4.78 is 1.25. The van der Waals surface area contributed by atoms with Crippen LogP contribution in [0.3, 0.4) is 0 Å². The Hall–Kier alpha value is -3.21. The van der Waals surface area contributed by atoms with Crippen molar-refractivity contribution in [2.24, 2.45) is 5.10 Å². The lowest BCUT2D eigenvalue weighted by Crippen LogP contribution is -2.17. The molecule has 0 saturated carbocycles. The second-order valence-corrected chi connectivity index (χ2v) is 5.44. The van der Waals surface area contributed by atoms with E-state index in [2.05, 4.69) is 15.1 Å². The number of hydrogen-bond donors (Lipinski definition) is 1. The Morgan fingerprint density at radius 2 is 1.91 bits per heavy atom. The van der Waals surface area contributed by atoms with Gasteiger partial charge in [-0.25, -0.2) is 4.98 Å². The summed E-state index contributed by atoms with van der Waals surface area (Å²) in [6, 6.07) is 15.6. The van der Waals surface area contributed by atoms with Gasteiger partial charge in [0.1, 0.15) is 17.4 Å². The summed E-state index contributed by atoms with van der Waals surface area (Å²) in [6.45, 7) is 2.03. The van der Waals surface area contributed by atoms with Crippen LogP contribution < -0.4 is 5.56 Å². The summed E-state index contributed by atoms with van der Waals surface area (Å²) in [5.41, 5.74) is 3.93. The molecule has 4 rings (SSSR count). The van der Waals surface area contributed by atoms with Gasteiger partial charge in [0, 0.05) is 10.9 Å². The highest BCUT2D eigenvalue weighted by Gasteiger charge is 2.09. The largest absolute Gasteiger partial charge is 0.349 e. The Morgan fingerprint density at radius 3 is 2.74 bits per heavy atom. The molecule has 4 aromatic rings. The molecule has 1 N–H and O–H groups in total. The minimum Gasteiger partial charge on any atom is -0.349 e. The van der Waals surface area contributed by atoms with E-state index in [-0.39, 0.29) is 5.56 Å². The highest BCUT2D eigenvalue weighted by Crippen LogP contribution is 2.20. The average molecular weight is 302 g/mol. The molecule has 5 nitrogen and oxygen atoms in total. The highest BCUT2D eigenvalue weighted by molar-refractivity contribution is 6.04. The smallest absolute Gasteiger partial charge is 0.298 e. The minimum absolute atomic E-state index is 0.213. The van der Waals surface area contributed by atoms with E-state index >= 15 is 0 Å². The van der Waals surface area contributed by atoms with E-state index in [0.29, 0.717) is 11.0 Å². The molecule has 0 aliphatic rings. The maximum absolute atomic E-state index is 12.6. The van der Waals surface area contributed by atoms with Crippen molar-refractivity contribution in [3.05, 3.63) is 76.3 Å². The number of benzene rings is 2. The first-order chi connectivity index (χ1) is 11.2. The molecule has 23 heavy (non-hydrogen) atoms. The van der Waals surface area contributed by atoms with E-state index < -0.39 is 0 Å². The fraction of sp³-hybridized carbons (Fsp3) is 0.0556. The number of aryl methyl sites for hydroxylation is 1. The van der Waals surface area contributed by atoms with Crippen molar-refractivity contribution in [3.8, 4) is 0 Å². The number of H-pyrrole nitrogens is 1. The molecule has 112 valence electrons. The molecular weight excluding hydrogens is 288 g/mol. The molecule has 0 spiro atoms. The Morgan fingerprint density at radius 1 is 1.13 bits per heavy atom. The van der Waals surface area contributed by atoms with Gasteiger partial charge in [0.25, 0.3) is 5.56 Å². The van der Waals surface area contributed by atoms with E-state index in [1.807, 2.05) is 55.5 Å². The second kappa shape index (κ2) is 5.21. The van der Waals surface area contributed by atoms with Crippen molar-refractivity contribution in [1.82, 2.24) is 14.6 Å². The molecule has 2 heterocycles. The highest BCUT2D eigenvalue weighted by atomic mass is 16.1. The molecule has 0 amide bonds. The number of rotatable bonds is 2. The topological polar surface area (TPSA) is 63.0 Å². The van der Waals surface area contributed by atoms with Gasteiger partial charge in [-0.1, -0.05) is 48.0 Å².